The van der Waals surface area contributed by atoms with Crippen LogP contribution in [0.3, 0.4) is 0 Å². The first-order valence-electron chi connectivity index (χ1n) is 7.65. The first kappa shape index (κ1) is 14.3. The predicted molar refractivity (Wildman–Crippen MR) is 76.6 cm³/mol. The zero-order valence-electron chi connectivity index (χ0n) is 12.1. The summed E-state index contributed by atoms with van der Waals surface area (Å²) in [6.45, 7) is 3.09. The molecule has 20 heavy (non-hydrogen) atoms. The van der Waals surface area contributed by atoms with Crippen molar-refractivity contribution in [2.24, 2.45) is 11.3 Å². The van der Waals surface area contributed by atoms with Crippen molar-refractivity contribution in [2.75, 3.05) is 18.8 Å². The lowest BCUT2D eigenvalue weighted by molar-refractivity contribution is -0.127. The molecule has 0 bridgehead atoms. The molecule has 1 aliphatic heterocycles. The molecule has 0 aromatic heterocycles. The van der Waals surface area contributed by atoms with Crippen molar-refractivity contribution in [1.82, 2.24) is 9.62 Å². The van der Waals surface area contributed by atoms with Gasteiger partial charge in [0, 0.05) is 25.6 Å². The van der Waals surface area contributed by atoms with Gasteiger partial charge in [0.15, 0.2) is 0 Å². The van der Waals surface area contributed by atoms with Crippen LogP contribution in [0.15, 0.2) is 0 Å². The fraction of sp³-hybridized carbons (Fsp3) is 0.929. The number of nitrogens with zero attached hydrogens (tertiary/aromatic N) is 1. The number of carbonyl (C=O) groups is 1. The van der Waals surface area contributed by atoms with Crippen LogP contribution in [0.2, 0.25) is 0 Å². The Morgan fingerprint density at radius 3 is 2.65 bits per heavy atom. The molecule has 0 radical (unpaired) electrons. The fourth-order valence-corrected chi connectivity index (χ4v) is 5.44. The smallest absolute Gasteiger partial charge is 0.222 e. The van der Waals surface area contributed by atoms with Crippen molar-refractivity contribution in [2.45, 2.75) is 51.5 Å². The Balaban J connectivity index is 1.44. The summed E-state index contributed by atoms with van der Waals surface area (Å²) >= 11 is 0. The molecule has 3 aliphatic rings. The van der Waals surface area contributed by atoms with E-state index in [0.717, 1.165) is 25.8 Å². The molecule has 3 fully saturated rings. The van der Waals surface area contributed by atoms with Crippen LogP contribution in [-0.4, -0.2) is 44.1 Å². The maximum atomic E-state index is 12.1. The molecule has 1 spiro atoms. The molecular weight excluding hydrogens is 276 g/mol. The second kappa shape index (κ2) is 4.98. The molecule has 1 unspecified atom stereocenters. The minimum Gasteiger partial charge on any atom is -0.341 e. The molecule has 1 saturated heterocycles. The highest BCUT2D eigenvalue weighted by molar-refractivity contribution is 7.89. The number of amides is 1. The van der Waals surface area contributed by atoms with E-state index >= 15 is 0 Å². The van der Waals surface area contributed by atoms with Crippen molar-refractivity contribution >= 4 is 15.9 Å². The number of rotatable bonds is 6. The minimum atomic E-state index is -3.21. The second-order valence-corrected chi connectivity index (χ2v) is 8.82. The van der Waals surface area contributed by atoms with Crippen LogP contribution < -0.4 is 4.72 Å². The molecule has 2 saturated carbocycles. The van der Waals surface area contributed by atoms with Gasteiger partial charge in [0.2, 0.25) is 15.9 Å². The molecule has 0 aromatic carbocycles. The first-order valence-corrected chi connectivity index (χ1v) is 9.31. The Kier molecular flexibility index (Phi) is 3.57. The average molecular weight is 300 g/mol. The molecule has 0 aromatic rings. The second-order valence-electron chi connectivity index (χ2n) is 7.02. The highest BCUT2D eigenvalue weighted by Crippen LogP contribution is 2.63. The van der Waals surface area contributed by atoms with Crippen LogP contribution in [0, 0.1) is 11.3 Å². The molecule has 3 rings (SSSR count). The first-order chi connectivity index (χ1) is 9.38. The topological polar surface area (TPSA) is 66.5 Å². The Bertz CT molecular complexity index is 491. The van der Waals surface area contributed by atoms with Gasteiger partial charge in [-0.05, 0) is 50.4 Å². The summed E-state index contributed by atoms with van der Waals surface area (Å²) in [6.07, 6.45) is 6.26. The van der Waals surface area contributed by atoms with Crippen LogP contribution in [0.4, 0.5) is 0 Å². The zero-order chi connectivity index (χ0) is 14.4. The number of carbonyl (C=O) groups excluding carboxylic acids is 1. The SMILES string of the molecule is CC(CN1CCCC1=O)NS(=O)(=O)CC1CC2(CC2)C1. The van der Waals surface area contributed by atoms with E-state index in [0.29, 0.717) is 24.3 Å². The molecule has 5 nitrogen and oxygen atoms in total. The van der Waals surface area contributed by atoms with Crippen molar-refractivity contribution in [3.05, 3.63) is 0 Å². The monoisotopic (exact) mass is 300 g/mol. The van der Waals surface area contributed by atoms with Crippen LogP contribution in [0.1, 0.15) is 45.4 Å². The maximum Gasteiger partial charge on any atom is 0.222 e. The lowest BCUT2D eigenvalue weighted by Crippen LogP contribution is -2.45. The van der Waals surface area contributed by atoms with Gasteiger partial charge in [-0.15, -0.1) is 0 Å². The van der Waals surface area contributed by atoms with Gasteiger partial charge in [-0.3, -0.25) is 4.79 Å². The van der Waals surface area contributed by atoms with Crippen LogP contribution in [0.25, 0.3) is 0 Å². The number of nitrogens with one attached hydrogen (secondary N) is 1. The van der Waals surface area contributed by atoms with Gasteiger partial charge in [0.05, 0.1) is 5.75 Å². The van der Waals surface area contributed by atoms with Gasteiger partial charge in [-0.25, -0.2) is 13.1 Å². The highest BCUT2D eigenvalue weighted by Gasteiger charge is 2.53. The largest absolute Gasteiger partial charge is 0.341 e. The van der Waals surface area contributed by atoms with Crippen molar-refractivity contribution < 1.29 is 13.2 Å². The number of hydrogen-bond donors (Lipinski definition) is 1. The standard InChI is InChI=1S/C14H24N2O3S/c1-11(9-16-6-2-3-13(16)17)15-20(18,19)10-12-7-14(8-12)4-5-14/h11-12,15H,2-10H2,1H3. The maximum absolute atomic E-state index is 12.1. The third-order valence-corrected chi connectivity index (χ3v) is 6.57. The normalized spacial score (nSPS) is 26.9. The highest BCUT2D eigenvalue weighted by atomic mass is 32.2. The Hall–Kier alpha value is -0.620. The van der Waals surface area contributed by atoms with Crippen molar-refractivity contribution in [3.8, 4) is 0 Å². The van der Waals surface area contributed by atoms with Crippen LogP contribution >= 0.6 is 0 Å². The third-order valence-electron chi connectivity index (χ3n) is 4.90. The summed E-state index contributed by atoms with van der Waals surface area (Å²) in [4.78, 5) is 13.3. The van der Waals surface area contributed by atoms with E-state index in [1.54, 1.807) is 4.90 Å². The van der Waals surface area contributed by atoms with Gasteiger partial charge < -0.3 is 4.90 Å². The third kappa shape index (κ3) is 3.17. The molecular formula is C14H24N2O3S. The van der Waals surface area contributed by atoms with Gasteiger partial charge >= 0.3 is 0 Å². The molecule has 2 aliphatic carbocycles. The van der Waals surface area contributed by atoms with E-state index in [4.69, 9.17) is 0 Å². The Labute approximate surface area is 121 Å². The van der Waals surface area contributed by atoms with E-state index in [-0.39, 0.29) is 17.7 Å². The van der Waals surface area contributed by atoms with Crippen molar-refractivity contribution in [1.29, 1.82) is 0 Å². The quantitative estimate of drug-likeness (QED) is 0.799. The fourth-order valence-electron chi connectivity index (χ4n) is 3.80. The van der Waals surface area contributed by atoms with Crippen molar-refractivity contribution in [3.63, 3.8) is 0 Å². The molecule has 1 N–H and O–H groups in total. The van der Waals surface area contributed by atoms with E-state index in [1.165, 1.54) is 12.8 Å². The van der Waals surface area contributed by atoms with Crippen LogP contribution in [-0.2, 0) is 14.8 Å². The number of likely N-dealkylation sites (tertiary alicyclic amines) is 1. The Morgan fingerprint density at radius 1 is 1.40 bits per heavy atom. The average Bonchev–Trinajstić information content (AvgIpc) is 2.97. The summed E-state index contributed by atoms with van der Waals surface area (Å²) in [5.41, 5.74) is 0.549. The molecule has 1 heterocycles. The summed E-state index contributed by atoms with van der Waals surface area (Å²) in [5.74, 6) is 0.744. The molecule has 114 valence electrons. The number of hydrogen-bond acceptors (Lipinski definition) is 3. The molecule has 6 heteroatoms. The summed E-state index contributed by atoms with van der Waals surface area (Å²) < 4.78 is 27.0. The summed E-state index contributed by atoms with van der Waals surface area (Å²) in [6, 6.07) is -0.197. The van der Waals surface area contributed by atoms with E-state index < -0.39 is 10.0 Å². The van der Waals surface area contributed by atoms with E-state index in [9.17, 15) is 13.2 Å². The van der Waals surface area contributed by atoms with Crippen LogP contribution in [0.5, 0.6) is 0 Å². The summed E-state index contributed by atoms with van der Waals surface area (Å²) in [7, 11) is -3.21. The minimum absolute atomic E-state index is 0.144. The Morgan fingerprint density at radius 2 is 2.10 bits per heavy atom. The predicted octanol–water partition coefficient (Wildman–Crippen LogP) is 1.11. The van der Waals surface area contributed by atoms with E-state index in [2.05, 4.69) is 4.72 Å². The molecule has 1 atom stereocenters. The van der Waals surface area contributed by atoms with Gasteiger partial charge in [0.1, 0.15) is 0 Å². The molecule has 1 amide bonds. The van der Waals surface area contributed by atoms with Gasteiger partial charge in [-0.2, -0.15) is 0 Å². The van der Waals surface area contributed by atoms with E-state index in [1.807, 2.05) is 6.92 Å². The summed E-state index contributed by atoms with van der Waals surface area (Å²) in [5, 5.41) is 0. The van der Waals surface area contributed by atoms with Gasteiger partial charge in [0.25, 0.3) is 0 Å². The lowest BCUT2D eigenvalue weighted by atomic mass is 9.73. The van der Waals surface area contributed by atoms with Gasteiger partial charge in [-0.1, -0.05) is 0 Å². The zero-order valence-corrected chi connectivity index (χ0v) is 12.9. The number of sulfonamides is 1. The lowest BCUT2D eigenvalue weighted by Gasteiger charge is -2.35.